The van der Waals surface area contributed by atoms with Crippen molar-refractivity contribution in [2.24, 2.45) is 0 Å². The molecule has 1 aromatic heterocycles. The predicted molar refractivity (Wildman–Crippen MR) is 55.5 cm³/mol. The summed E-state index contributed by atoms with van der Waals surface area (Å²) >= 11 is 5.88. The Hall–Kier alpha value is -1.35. The number of nitrogens with zero attached hydrogens (tertiary/aromatic N) is 1. The molecule has 1 aromatic carbocycles. The third kappa shape index (κ3) is 1.51. The number of ketones is 1. The molecule has 0 saturated heterocycles. The molecule has 0 amide bonds. The molecule has 2 aromatic rings. The molecule has 72 valence electrons. The highest BCUT2D eigenvalue weighted by Crippen LogP contribution is 2.23. The van der Waals surface area contributed by atoms with Crippen molar-refractivity contribution in [1.82, 2.24) is 10.2 Å². The van der Waals surface area contributed by atoms with E-state index in [1.165, 1.54) is 0 Å². The largest absolute Gasteiger partial charge is 0.300 e. The number of para-hydroxylation sites is 1. The topological polar surface area (TPSA) is 45.8 Å². The Morgan fingerprint density at radius 2 is 2.36 bits per heavy atom. The molecule has 3 nitrogen and oxygen atoms in total. The Labute approximate surface area is 86.1 Å². The molecule has 0 bridgehead atoms. The predicted octanol–water partition coefficient (Wildman–Crippen LogP) is 2.35. The Kier molecular flexibility index (Phi) is 2.25. The van der Waals surface area contributed by atoms with E-state index in [4.69, 9.17) is 11.6 Å². The van der Waals surface area contributed by atoms with Crippen LogP contribution in [0.1, 0.15) is 12.5 Å². The first kappa shape index (κ1) is 9.21. The molecular formula is C10H9ClN2O. The second-order valence-corrected chi connectivity index (χ2v) is 3.61. The van der Waals surface area contributed by atoms with E-state index < -0.39 is 0 Å². The first-order chi connectivity index (χ1) is 6.68. The SMILES string of the molecule is CC(=O)Cc1cccc2c(Cl)[nH]nc12. The molecule has 2 rings (SSSR count). The molecule has 0 saturated carbocycles. The van der Waals surface area contributed by atoms with Crippen molar-refractivity contribution in [3.8, 4) is 0 Å². The van der Waals surface area contributed by atoms with Crippen LogP contribution in [-0.4, -0.2) is 16.0 Å². The van der Waals surface area contributed by atoms with E-state index in [1.807, 2.05) is 18.2 Å². The van der Waals surface area contributed by atoms with E-state index in [-0.39, 0.29) is 5.78 Å². The van der Waals surface area contributed by atoms with Gasteiger partial charge in [-0.3, -0.25) is 9.89 Å². The fraction of sp³-hybridized carbons (Fsp3) is 0.200. The highest BCUT2D eigenvalue weighted by molar-refractivity contribution is 6.34. The quantitative estimate of drug-likeness (QED) is 0.824. The van der Waals surface area contributed by atoms with E-state index in [9.17, 15) is 4.79 Å². The van der Waals surface area contributed by atoms with E-state index in [1.54, 1.807) is 6.92 Å². The molecule has 0 atom stereocenters. The van der Waals surface area contributed by atoms with E-state index in [2.05, 4.69) is 10.2 Å². The Bertz CT molecular complexity index is 490. The van der Waals surface area contributed by atoms with Crippen molar-refractivity contribution in [2.45, 2.75) is 13.3 Å². The Balaban J connectivity index is 2.59. The Morgan fingerprint density at radius 3 is 3.07 bits per heavy atom. The molecule has 1 heterocycles. The second-order valence-electron chi connectivity index (χ2n) is 3.23. The van der Waals surface area contributed by atoms with Gasteiger partial charge in [0, 0.05) is 11.8 Å². The Morgan fingerprint density at radius 1 is 1.57 bits per heavy atom. The van der Waals surface area contributed by atoms with Crippen molar-refractivity contribution in [3.05, 3.63) is 28.9 Å². The number of hydrogen-bond acceptors (Lipinski definition) is 2. The van der Waals surface area contributed by atoms with Gasteiger partial charge in [0.2, 0.25) is 0 Å². The molecule has 1 N–H and O–H groups in total. The number of benzene rings is 1. The summed E-state index contributed by atoms with van der Waals surface area (Å²) in [7, 11) is 0. The van der Waals surface area contributed by atoms with Gasteiger partial charge >= 0.3 is 0 Å². The molecule has 0 aliphatic rings. The average molecular weight is 209 g/mol. The normalized spacial score (nSPS) is 10.7. The van der Waals surface area contributed by atoms with Crippen LogP contribution in [-0.2, 0) is 11.2 Å². The van der Waals surface area contributed by atoms with Gasteiger partial charge in [0.1, 0.15) is 10.9 Å². The van der Waals surface area contributed by atoms with Crippen LogP contribution >= 0.6 is 11.6 Å². The molecular weight excluding hydrogens is 200 g/mol. The zero-order valence-corrected chi connectivity index (χ0v) is 8.43. The number of H-pyrrole nitrogens is 1. The first-order valence-corrected chi connectivity index (χ1v) is 4.67. The molecule has 4 heteroatoms. The maximum Gasteiger partial charge on any atom is 0.134 e. The molecule has 0 aliphatic heterocycles. The third-order valence-electron chi connectivity index (χ3n) is 2.06. The monoisotopic (exact) mass is 208 g/mol. The molecule has 0 radical (unpaired) electrons. The number of carbonyl (C=O) groups excluding carboxylic acids is 1. The standard InChI is InChI=1S/C10H9ClN2O/c1-6(14)5-7-3-2-4-8-9(7)12-13-10(8)11/h2-4H,5H2,1H3,(H,12,13). The number of rotatable bonds is 2. The molecule has 0 fully saturated rings. The molecule has 0 unspecified atom stereocenters. The zero-order chi connectivity index (χ0) is 10.1. The van der Waals surface area contributed by atoms with Crippen LogP contribution in [0, 0.1) is 0 Å². The van der Waals surface area contributed by atoms with Crippen LogP contribution in [0.3, 0.4) is 0 Å². The minimum atomic E-state index is 0.122. The zero-order valence-electron chi connectivity index (χ0n) is 7.67. The number of halogens is 1. The highest BCUT2D eigenvalue weighted by Gasteiger charge is 2.08. The van der Waals surface area contributed by atoms with Crippen molar-refractivity contribution < 1.29 is 4.79 Å². The lowest BCUT2D eigenvalue weighted by molar-refractivity contribution is -0.116. The van der Waals surface area contributed by atoms with Crippen molar-refractivity contribution in [2.75, 3.05) is 0 Å². The smallest absolute Gasteiger partial charge is 0.134 e. The summed E-state index contributed by atoms with van der Waals surface area (Å²) in [6.45, 7) is 1.56. The lowest BCUT2D eigenvalue weighted by atomic mass is 10.1. The summed E-state index contributed by atoms with van der Waals surface area (Å²) in [5.74, 6) is 0.122. The van der Waals surface area contributed by atoms with Gasteiger partial charge in [0.05, 0.1) is 5.52 Å². The van der Waals surface area contributed by atoms with Gasteiger partial charge in [0.25, 0.3) is 0 Å². The minimum absolute atomic E-state index is 0.122. The summed E-state index contributed by atoms with van der Waals surface area (Å²) in [5, 5.41) is 8.14. The van der Waals surface area contributed by atoms with Crippen LogP contribution in [0.4, 0.5) is 0 Å². The van der Waals surface area contributed by atoms with Gasteiger partial charge in [-0.25, -0.2) is 0 Å². The van der Waals surface area contributed by atoms with Crippen molar-refractivity contribution in [3.63, 3.8) is 0 Å². The van der Waals surface area contributed by atoms with Crippen LogP contribution in [0.25, 0.3) is 10.9 Å². The fourth-order valence-electron chi connectivity index (χ4n) is 1.48. The molecule has 0 spiro atoms. The van der Waals surface area contributed by atoms with Crippen molar-refractivity contribution >= 4 is 28.3 Å². The van der Waals surface area contributed by atoms with Gasteiger partial charge in [-0.05, 0) is 18.6 Å². The summed E-state index contributed by atoms with van der Waals surface area (Å²) in [6.07, 6.45) is 0.401. The summed E-state index contributed by atoms with van der Waals surface area (Å²) < 4.78 is 0. The first-order valence-electron chi connectivity index (χ1n) is 4.29. The van der Waals surface area contributed by atoms with Gasteiger partial charge in [-0.15, -0.1) is 0 Å². The highest BCUT2D eigenvalue weighted by atomic mass is 35.5. The van der Waals surface area contributed by atoms with Crippen LogP contribution < -0.4 is 0 Å². The number of carbonyl (C=O) groups is 1. The van der Waals surface area contributed by atoms with Gasteiger partial charge in [-0.1, -0.05) is 23.7 Å². The number of aromatic nitrogens is 2. The fourth-order valence-corrected chi connectivity index (χ4v) is 1.67. The number of hydrogen-bond donors (Lipinski definition) is 1. The third-order valence-corrected chi connectivity index (χ3v) is 2.35. The van der Waals surface area contributed by atoms with E-state index in [0.717, 1.165) is 16.5 Å². The molecule has 0 aliphatic carbocycles. The number of Topliss-reactive ketones (excluding diaryl/α,β-unsaturated/α-hetero) is 1. The number of nitrogens with one attached hydrogen (secondary N) is 1. The van der Waals surface area contributed by atoms with Gasteiger partial charge in [0.15, 0.2) is 0 Å². The van der Waals surface area contributed by atoms with Gasteiger partial charge in [-0.2, -0.15) is 5.10 Å². The van der Waals surface area contributed by atoms with Crippen LogP contribution in [0.2, 0.25) is 5.15 Å². The van der Waals surface area contributed by atoms with E-state index >= 15 is 0 Å². The maximum atomic E-state index is 11.0. The number of fused-ring (bicyclic) bond motifs is 1. The number of aromatic amines is 1. The van der Waals surface area contributed by atoms with Crippen molar-refractivity contribution in [1.29, 1.82) is 0 Å². The van der Waals surface area contributed by atoms with E-state index in [0.29, 0.717) is 11.6 Å². The van der Waals surface area contributed by atoms with Gasteiger partial charge < -0.3 is 0 Å². The summed E-state index contributed by atoms with van der Waals surface area (Å²) in [5.41, 5.74) is 1.70. The second kappa shape index (κ2) is 3.42. The summed E-state index contributed by atoms with van der Waals surface area (Å²) in [6, 6.07) is 5.65. The summed E-state index contributed by atoms with van der Waals surface area (Å²) in [4.78, 5) is 11.0. The average Bonchev–Trinajstić information content (AvgIpc) is 2.49. The maximum absolute atomic E-state index is 11.0. The van der Waals surface area contributed by atoms with Crippen LogP contribution in [0.15, 0.2) is 18.2 Å². The molecule has 14 heavy (non-hydrogen) atoms. The minimum Gasteiger partial charge on any atom is -0.300 e. The van der Waals surface area contributed by atoms with Crippen LogP contribution in [0.5, 0.6) is 0 Å². The lowest BCUT2D eigenvalue weighted by Gasteiger charge is -1.97. The lowest BCUT2D eigenvalue weighted by Crippen LogP contribution is -1.96.